The molecule has 2 aliphatic heterocycles. The molecule has 276 valence electrons. The van der Waals surface area contributed by atoms with Crippen LogP contribution in [0.4, 0.5) is 5.95 Å². The van der Waals surface area contributed by atoms with Crippen LogP contribution in [0.3, 0.4) is 0 Å². The molecule has 11 nitrogen and oxygen atoms in total. The lowest BCUT2D eigenvalue weighted by atomic mass is 9.89. The number of ether oxygens (including phenoxy) is 1. The number of nitrogens with one attached hydrogen (secondary N) is 1. The van der Waals surface area contributed by atoms with Crippen LogP contribution in [0.1, 0.15) is 98.2 Å². The Kier molecular flexibility index (Phi) is 8.79. The Morgan fingerprint density at radius 1 is 0.943 bits per heavy atom. The van der Waals surface area contributed by atoms with E-state index in [1.54, 1.807) is 18.2 Å². The number of carbonyl (C=O) groups excluding carboxylic acids is 1. The number of amides is 1. The molecule has 3 atom stereocenters. The minimum absolute atomic E-state index is 0.0525. The zero-order valence-electron chi connectivity index (χ0n) is 31.3. The molecule has 0 unspecified atom stereocenters. The average molecular weight is 734 g/mol. The highest BCUT2D eigenvalue weighted by atomic mass is 32.2. The summed E-state index contributed by atoms with van der Waals surface area (Å²) in [7, 11) is -2.17. The van der Waals surface area contributed by atoms with Gasteiger partial charge in [0.15, 0.2) is 5.65 Å². The molecule has 1 saturated heterocycles. The van der Waals surface area contributed by atoms with Crippen molar-refractivity contribution >= 4 is 33.0 Å². The van der Waals surface area contributed by atoms with Crippen molar-refractivity contribution in [3.05, 3.63) is 88.9 Å². The van der Waals surface area contributed by atoms with Crippen LogP contribution in [0.5, 0.6) is 5.88 Å². The third-order valence-corrected chi connectivity index (χ3v) is 12.5. The fourth-order valence-electron chi connectivity index (χ4n) is 8.38. The number of hydrogen-bond donors (Lipinski definition) is 1. The number of carbonyl (C=O) groups is 1. The molecule has 3 aliphatic rings. The maximum atomic E-state index is 15.1. The van der Waals surface area contributed by atoms with Gasteiger partial charge in [0.05, 0.1) is 34.6 Å². The Hall–Kier alpha value is -4.84. The summed E-state index contributed by atoms with van der Waals surface area (Å²) < 4.78 is 39.1. The zero-order valence-corrected chi connectivity index (χ0v) is 32.1. The predicted molar refractivity (Wildman–Crippen MR) is 204 cm³/mol. The standard InChI is InChI=1S/C41H47N7O4S/c1-24-10-7-11-25(2)37(24)30-21-36-45-40(44-30)46-53(50,51)29-14-8-13-28(19-29)39(49)48-33(15-9-12-27(18-26-16-17-26)34(48)23-52-36)32-22-42-31-20-35(41(3,4)5)47(6)38(31)43-32/h7-8,10-11,13-14,19-22,26-27,33-34H,9,12,15-18,23H2,1-6H3,(H,44,45,46)/t27-,33-,34-/m0/s1. The lowest BCUT2D eigenvalue weighted by molar-refractivity contribution is 0.0362. The van der Waals surface area contributed by atoms with Crippen molar-refractivity contribution in [3.8, 4) is 17.1 Å². The van der Waals surface area contributed by atoms with Crippen molar-refractivity contribution in [1.29, 1.82) is 0 Å². The summed E-state index contributed by atoms with van der Waals surface area (Å²) in [6.45, 7) is 10.7. The minimum Gasteiger partial charge on any atom is -0.475 e. The van der Waals surface area contributed by atoms with E-state index in [9.17, 15) is 8.42 Å². The average Bonchev–Trinajstić information content (AvgIpc) is 3.89. The van der Waals surface area contributed by atoms with Crippen molar-refractivity contribution < 1.29 is 17.9 Å². The number of sulfonamides is 1. The second-order valence-electron chi connectivity index (χ2n) is 16.1. The monoisotopic (exact) mass is 733 g/mol. The molecule has 8 rings (SSSR count). The summed E-state index contributed by atoms with van der Waals surface area (Å²) >= 11 is 0. The smallest absolute Gasteiger partial charge is 0.264 e. The largest absolute Gasteiger partial charge is 0.475 e. The van der Waals surface area contributed by atoms with Gasteiger partial charge in [-0.3, -0.25) is 9.78 Å². The topological polar surface area (TPSA) is 132 Å². The van der Waals surface area contributed by atoms with Gasteiger partial charge in [0.25, 0.3) is 15.9 Å². The van der Waals surface area contributed by atoms with Crippen LogP contribution in [-0.4, -0.2) is 56.4 Å². The molecule has 5 aromatic rings. The molecule has 12 heteroatoms. The molecule has 5 heterocycles. The number of fused-ring (bicyclic) bond motifs is 6. The normalized spacial score (nSPS) is 21.7. The van der Waals surface area contributed by atoms with E-state index in [0.29, 0.717) is 23.7 Å². The van der Waals surface area contributed by atoms with E-state index < -0.39 is 16.1 Å². The van der Waals surface area contributed by atoms with Crippen LogP contribution in [0, 0.1) is 25.7 Å². The first kappa shape index (κ1) is 35.2. The van der Waals surface area contributed by atoms with Crippen LogP contribution in [0.2, 0.25) is 0 Å². The summed E-state index contributed by atoms with van der Waals surface area (Å²) in [5, 5.41) is 0. The number of hydrogen-bond acceptors (Lipinski definition) is 8. The van der Waals surface area contributed by atoms with E-state index in [-0.39, 0.29) is 52.2 Å². The van der Waals surface area contributed by atoms with Gasteiger partial charge in [0, 0.05) is 35.3 Å². The van der Waals surface area contributed by atoms with Crippen LogP contribution in [0.25, 0.3) is 22.4 Å². The van der Waals surface area contributed by atoms with Crippen molar-refractivity contribution in [1.82, 2.24) is 29.4 Å². The van der Waals surface area contributed by atoms with Crippen molar-refractivity contribution in [2.45, 2.75) is 95.5 Å². The van der Waals surface area contributed by atoms with E-state index in [0.717, 1.165) is 52.8 Å². The summed E-state index contributed by atoms with van der Waals surface area (Å²) in [5.74, 6) is 0.653. The highest BCUT2D eigenvalue weighted by Gasteiger charge is 2.43. The number of anilines is 1. The van der Waals surface area contributed by atoms with Gasteiger partial charge in [0.1, 0.15) is 12.1 Å². The summed E-state index contributed by atoms with van der Waals surface area (Å²) in [6.07, 6.45) is 7.69. The van der Waals surface area contributed by atoms with Crippen molar-refractivity contribution in [2.24, 2.45) is 18.9 Å². The van der Waals surface area contributed by atoms with Gasteiger partial charge in [-0.2, -0.15) is 4.98 Å². The van der Waals surface area contributed by atoms with E-state index in [1.165, 1.54) is 25.0 Å². The second-order valence-corrected chi connectivity index (χ2v) is 17.8. The minimum atomic E-state index is -4.19. The van der Waals surface area contributed by atoms with E-state index in [4.69, 9.17) is 14.7 Å². The first-order chi connectivity index (χ1) is 25.3. The first-order valence-corrected chi connectivity index (χ1v) is 20.1. The molecule has 1 aliphatic carbocycles. The van der Waals surface area contributed by atoms with Crippen molar-refractivity contribution in [3.63, 3.8) is 0 Å². The number of rotatable bonds is 4. The third-order valence-electron chi connectivity index (χ3n) is 11.2. The van der Waals surface area contributed by atoms with Crippen LogP contribution >= 0.6 is 0 Å². The summed E-state index contributed by atoms with van der Waals surface area (Å²) in [6, 6.07) is 15.3. The second kappa shape index (κ2) is 13.2. The van der Waals surface area contributed by atoms with E-state index in [2.05, 4.69) is 46.1 Å². The lowest BCUT2D eigenvalue weighted by Crippen LogP contribution is -2.49. The Morgan fingerprint density at radius 2 is 1.70 bits per heavy atom. The molecule has 1 saturated carbocycles. The number of aryl methyl sites for hydroxylation is 3. The van der Waals surface area contributed by atoms with Gasteiger partial charge in [-0.05, 0) is 80.3 Å². The zero-order chi connectivity index (χ0) is 37.2. The molecule has 53 heavy (non-hydrogen) atoms. The fraction of sp³-hybridized carbons (Fsp3) is 0.439. The van der Waals surface area contributed by atoms with Gasteiger partial charge in [-0.1, -0.05) is 64.3 Å². The molecule has 3 aromatic heterocycles. The van der Waals surface area contributed by atoms with E-state index >= 15 is 4.79 Å². The molecule has 4 bridgehead atoms. The van der Waals surface area contributed by atoms with Gasteiger partial charge in [0.2, 0.25) is 11.8 Å². The Balaban J connectivity index is 1.30. The van der Waals surface area contributed by atoms with Gasteiger partial charge in [-0.25, -0.2) is 23.1 Å². The number of nitrogens with zero attached hydrogens (tertiary/aromatic N) is 6. The highest BCUT2D eigenvalue weighted by Crippen LogP contribution is 2.44. The van der Waals surface area contributed by atoms with E-state index in [1.807, 2.05) is 50.2 Å². The Bertz CT molecular complexity index is 2320. The Labute approximate surface area is 311 Å². The molecular formula is C41H47N7O4S. The summed E-state index contributed by atoms with van der Waals surface area (Å²) in [5.41, 5.74) is 7.00. The van der Waals surface area contributed by atoms with Crippen LogP contribution in [0.15, 0.2) is 65.7 Å². The number of benzene rings is 2. The fourth-order valence-corrected chi connectivity index (χ4v) is 9.37. The first-order valence-electron chi connectivity index (χ1n) is 18.6. The highest BCUT2D eigenvalue weighted by molar-refractivity contribution is 7.92. The molecular weight excluding hydrogens is 687 g/mol. The molecule has 0 spiro atoms. The Morgan fingerprint density at radius 3 is 2.43 bits per heavy atom. The summed E-state index contributed by atoms with van der Waals surface area (Å²) in [4.78, 5) is 36.3. The molecule has 1 amide bonds. The maximum Gasteiger partial charge on any atom is 0.264 e. The van der Waals surface area contributed by atoms with Gasteiger partial charge < -0.3 is 14.2 Å². The predicted octanol–water partition coefficient (Wildman–Crippen LogP) is 7.69. The SMILES string of the molecule is Cc1cccc(C)c1-c1cc2nc(n1)NS(=O)(=O)c1cccc(c1)C(=O)N1[C@H](c3cnc4cc(C(C)(C)C)n(C)c4n3)CCC[C@@H](CC3CC3)[C@@H]1CO2. The molecule has 0 radical (unpaired) electrons. The molecule has 2 aromatic carbocycles. The van der Waals surface area contributed by atoms with Gasteiger partial charge in [-0.15, -0.1) is 0 Å². The molecule has 2 fully saturated rings. The third kappa shape index (κ3) is 6.77. The lowest BCUT2D eigenvalue weighted by Gasteiger charge is -2.39. The maximum absolute atomic E-state index is 15.1. The van der Waals surface area contributed by atoms with Gasteiger partial charge >= 0.3 is 0 Å². The molecule has 1 N–H and O–H groups in total. The van der Waals surface area contributed by atoms with Crippen LogP contribution in [-0.2, 0) is 22.5 Å². The quantitative estimate of drug-likeness (QED) is 0.199. The van der Waals surface area contributed by atoms with Crippen LogP contribution < -0.4 is 9.46 Å². The number of aromatic nitrogens is 5. The van der Waals surface area contributed by atoms with Crippen molar-refractivity contribution in [2.75, 3.05) is 11.3 Å².